The third-order valence-electron chi connectivity index (χ3n) is 1.37. The molecule has 0 spiro atoms. The van der Waals surface area contributed by atoms with Gasteiger partial charge in [-0.3, -0.25) is 4.79 Å². The van der Waals surface area contributed by atoms with Crippen LogP contribution in [0.25, 0.3) is 5.14 Å². The molecule has 0 fully saturated rings. The molecule has 13 heavy (non-hydrogen) atoms. The quantitative estimate of drug-likeness (QED) is 0.526. The Morgan fingerprint density at radius 3 is 2.54 bits per heavy atom. The first-order chi connectivity index (χ1) is 5.83. The van der Waals surface area contributed by atoms with E-state index in [0.29, 0.717) is 18.5 Å². The van der Waals surface area contributed by atoms with Gasteiger partial charge in [0.1, 0.15) is 0 Å². The number of benzene rings is 1. The number of carbonyl (C=O) groups is 1. The summed E-state index contributed by atoms with van der Waals surface area (Å²) in [6.45, 7) is 0.492. The van der Waals surface area contributed by atoms with E-state index in [2.05, 4.69) is 5.32 Å². The van der Waals surface area contributed by atoms with Gasteiger partial charge in [-0.1, -0.05) is 30.3 Å². The number of amides is 1. The number of hydrogen-bond acceptors (Lipinski definition) is 2. The number of rotatable bonds is 2. The fourth-order valence-corrected chi connectivity index (χ4v) is 0.951. The SMILES string of the molecule is [NH-]SC(=O)NCc1ccccc1.[Na+]. The Balaban J connectivity index is 0.00000144. The monoisotopic (exact) mass is 204 g/mol. The molecular formula is C8H9N2NaOS. The van der Waals surface area contributed by atoms with E-state index in [1.165, 1.54) is 0 Å². The molecule has 0 saturated heterocycles. The maximum absolute atomic E-state index is 10.6. The van der Waals surface area contributed by atoms with Crippen LogP contribution in [0.3, 0.4) is 0 Å². The summed E-state index contributed by atoms with van der Waals surface area (Å²) in [5.41, 5.74) is 1.04. The molecule has 64 valence electrons. The van der Waals surface area contributed by atoms with Gasteiger partial charge in [0.2, 0.25) is 0 Å². The summed E-state index contributed by atoms with van der Waals surface area (Å²) in [6, 6.07) is 9.60. The molecule has 0 radical (unpaired) electrons. The molecule has 0 aliphatic carbocycles. The topological polar surface area (TPSA) is 52.9 Å². The Kier molecular flexibility index (Phi) is 7.41. The molecule has 1 amide bonds. The van der Waals surface area contributed by atoms with E-state index >= 15 is 0 Å². The largest absolute Gasteiger partial charge is 1.00 e. The summed E-state index contributed by atoms with van der Waals surface area (Å²) in [7, 11) is 0. The van der Waals surface area contributed by atoms with Crippen molar-refractivity contribution >= 4 is 17.2 Å². The second-order valence-electron chi connectivity index (χ2n) is 2.23. The molecule has 0 saturated carbocycles. The molecule has 0 bridgehead atoms. The molecular weight excluding hydrogens is 195 g/mol. The van der Waals surface area contributed by atoms with Crippen LogP contribution in [-0.4, -0.2) is 5.24 Å². The average Bonchev–Trinajstić information content (AvgIpc) is 2.16. The van der Waals surface area contributed by atoms with Crippen molar-refractivity contribution in [2.45, 2.75) is 6.54 Å². The first-order valence-electron chi connectivity index (χ1n) is 3.48. The van der Waals surface area contributed by atoms with Crippen LogP contribution in [0.4, 0.5) is 4.79 Å². The second-order valence-corrected chi connectivity index (χ2v) is 2.80. The van der Waals surface area contributed by atoms with E-state index in [0.717, 1.165) is 5.56 Å². The minimum absolute atomic E-state index is 0. The Hall–Kier alpha value is 0. The molecule has 0 atom stereocenters. The maximum Gasteiger partial charge on any atom is 1.00 e. The van der Waals surface area contributed by atoms with Gasteiger partial charge in [0.25, 0.3) is 5.24 Å². The van der Waals surface area contributed by atoms with E-state index in [1.54, 1.807) is 0 Å². The Labute approximate surface area is 104 Å². The van der Waals surface area contributed by atoms with Crippen molar-refractivity contribution < 1.29 is 34.4 Å². The van der Waals surface area contributed by atoms with Crippen LogP contribution < -0.4 is 34.9 Å². The summed E-state index contributed by atoms with van der Waals surface area (Å²) >= 11 is 0.444. The average molecular weight is 204 g/mol. The third kappa shape index (κ3) is 5.33. The molecule has 0 aromatic heterocycles. The second kappa shape index (κ2) is 7.41. The molecule has 0 aliphatic heterocycles. The number of carbonyl (C=O) groups excluding carboxylic acids is 1. The summed E-state index contributed by atoms with van der Waals surface area (Å²) in [4.78, 5) is 10.6. The third-order valence-corrected chi connectivity index (χ3v) is 1.70. The van der Waals surface area contributed by atoms with Crippen molar-refractivity contribution in [3.63, 3.8) is 0 Å². The van der Waals surface area contributed by atoms with Crippen LogP contribution >= 0.6 is 11.9 Å². The predicted octanol–water partition coefficient (Wildman–Crippen LogP) is -0.399. The van der Waals surface area contributed by atoms with Gasteiger partial charge in [-0.15, -0.1) is 0 Å². The zero-order valence-corrected chi connectivity index (χ0v) is 10.2. The van der Waals surface area contributed by atoms with Crippen LogP contribution in [0.5, 0.6) is 0 Å². The van der Waals surface area contributed by atoms with Crippen LogP contribution in [0.1, 0.15) is 5.56 Å². The molecule has 0 heterocycles. The van der Waals surface area contributed by atoms with Crippen molar-refractivity contribution in [1.29, 1.82) is 0 Å². The van der Waals surface area contributed by atoms with Crippen molar-refractivity contribution in [2.75, 3.05) is 0 Å². The van der Waals surface area contributed by atoms with E-state index in [-0.39, 0.29) is 34.8 Å². The Morgan fingerprint density at radius 2 is 2.00 bits per heavy atom. The first-order valence-corrected chi connectivity index (χ1v) is 4.30. The summed E-state index contributed by atoms with van der Waals surface area (Å²) < 4.78 is 0. The van der Waals surface area contributed by atoms with Crippen LogP contribution in [0.15, 0.2) is 30.3 Å². The normalized spacial score (nSPS) is 8.69. The molecule has 2 N–H and O–H groups in total. The van der Waals surface area contributed by atoms with Crippen molar-refractivity contribution in [2.24, 2.45) is 0 Å². The van der Waals surface area contributed by atoms with Gasteiger partial charge in [0.05, 0.1) is 0 Å². The van der Waals surface area contributed by atoms with Crippen LogP contribution in [0, 0.1) is 0 Å². The number of nitrogens with one attached hydrogen (secondary N) is 2. The fourth-order valence-electron chi connectivity index (χ4n) is 0.806. The first kappa shape index (κ1) is 13.0. The number of hydrogen-bond donors (Lipinski definition) is 1. The molecule has 0 unspecified atom stereocenters. The van der Waals surface area contributed by atoms with Gasteiger partial charge in [0, 0.05) is 6.54 Å². The predicted molar refractivity (Wildman–Crippen MR) is 50.6 cm³/mol. The molecule has 0 aliphatic rings. The van der Waals surface area contributed by atoms with Gasteiger partial charge in [-0.25, -0.2) is 0 Å². The molecule has 1 aromatic carbocycles. The van der Waals surface area contributed by atoms with Gasteiger partial charge in [-0.05, 0) is 5.56 Å². The van der Waals surface area contributed by atoms with E-state index < -0.39 is 0 Å². The van der Waals surface area contributed by atoms with Gasteiger partial charge in [-0.2, -0.15) is 11.9 Å². The van der Waals surface area contributed by atoms with E-state index in [1.807, 2.05) is 30.3 Å². The van der Waals surface area contributed by atoms with Gasteiger partial charge in [0.15, 0.2) is 0 Å². The minimum Gasteiger partial charge on any atom is -0.613 e. The van der Waals surface area contributed by atoms with Crippen LogP contribution in [0.2, 0.25) is 0 Å². The smallest absolute Gasteiger partial charge is 0.613 e. The minimum atomic E-state index is -0.321. The standard InChI is InChI=1S/C8H9N2OS.Na/c9-12-8(11)10-6-7-4-2-1-3-5-7;/h1-5,9H,6H2,(H,10,11);/q-1;+1. The molecule has 1 aromatic rings. The summed E-state index contributed by atoms with van der Waals surface area (Å²) in [6.07, 6.45) is 0. The van der Waals surface area contributed by atoms with Crippen molar-refractivity contribution in [1.82, 2.24) is 5.32 Å². The van der Waals surface area contributed by atoms with E-state index in [4.69, 9.17) is 5.14 Å². The van der Waals surface area contributed by atoms with Crippen molar-refractivity contribution in [3.05, 3.63) is 41.0 Å². The molecule has 3 nitrogen and oxygen atoms in total. The zero-order valence-electron chi connectivity index (χ0n) is 7.41. The van der Waals surface area contributed by atoms with Crippen molar-refractivity contribution in [3.8, 4) is 0 Å². The Morgan fingerprint density at radius 1 is 1.38 bits per heavy atom. The summed E-state index contributed by atoms with van der Waals surface area (Å²) in [5, 5.41) is 8.94. The van der Waals surface area contributed by atoms with Gasteiger partial charge < -0.3 is 10.5 Å². The zero-order chi connectivity index (χ0) is 8.81. The molecule has 5 heteroatoms. The maximum atomic E-state index is 10.6. The fraction of sp³-hybridized carbons (Fsp3) is 0.125. The Bertz CT molecular complexity index is 256. The van der Waals surface area contributed by atoms with Crippen LogP contribution in [-0.2, 0) is 6.54 Å². The van der Waals surface area contributed by atoms with E-state index in [9.17, 15) is 4.79 Å². The summed E-state index contributed by atoms with van der Waals surface area (Å²) in [5.74, 6) is 0. The van der Waals surface area contributed by atoms with Gasteiger partial charge >= 0.3 is 29.6 Å². The molecule has 1 rings (SSSR count).